The van der Waals surface area contributed by atoms with E-state index in [1.165, 1.54) is 0 Å². The van der Waals surface area contributed by atoms with Crippen molar-refractivity contribution >= 4 is 11.0 Å². The summed E-state index contributed by atoms with van der Waals surface area (Å²) in [7, 11) is 0. The van der Waals surface area contributed by atoms with Gasteiger partial charge in [-0.3, -0.25) is 4.98 Å². The Morgan fingerprint density at radius 1 is 1.13 bits per heavy atom. The second-order valence-electron chi connectivity index (χ2n) is 5.77. The first-order valence-electron chi connectivity index (χ1n) is 7.23. The van der Waals surface area contributed by atoms with Crippen molar-refractivity contribution in [3.8, 4) is 0 Å². The van der Waals surface area contributed by atoms with E-state index >= 15 is 0 Å². The van der Waals surface area contributed by atoms with Crippen LogP contribution in [0.3, 0.4) is 0 Å². The Kier molecular flexibility index (Phi) is 3.12. The Morgan fingerprint density at radius 2 is 1.91 bits per heavy atom. The first-order valence-corrected chi connectivity index (χ1v) is 7.23. The van der Waals surface area contributed by atoms with Gasteiger partial charge in [0.15, 0.2) is 11.6 Å². The summed E-state index contributed by atoms with van der Waals surface area (Å²) in [5, 5.41) is 0. The molecule has 0 saturated carbocycles. The Bertz CT molecular complexity index is 906. The maximum Gasteiger partial charge on any atom is 0.161 e. The molecule has 3 aromatic rings. The molecular formula is C16H13F3N4. The average molecular weight is 318 g/mol. The van der Waals surface area contributed by atoms with Gasteiger partial charge < -0.3 is 10.3 Å². The minimum atomic E-state index is -1.20. The lowest BCUT2D eigenvalue weighted by Gasteiger charge is -2.30. The van der Waals surface area contributed by atoms with Crippen molar-refractivity contribution < 1.29 is 13.2 Å². The number of hydrogen-bond acceptors (Lipinski definition) is 3. The van der Waals surface area contributed by atoms with E-state index in [1.54, 1.807) is 12.4 Å². The Balaban J connectivity index is 1.79. The van der Waals surface area contributed by atoms with Crippen LogP contribution in [0.15, 0.2) is 30.6 Å². The molecule has 0 aliphatic carbocycles. The van der Waals surface area contributed by atoms with Gasteiger partial charge in [-0.2, -0.15) is 0 Å². The second-order valence-corrected chi connectivity index (χ2v) is 5.77. The van der Waals surface area contributed by atoms with Gasteiger partial charge in [-0.15, -0.1) is 0 Å². The highest BCUT2D eigenvalue weighted by molar-refractivity contribution is 5.74. The van der Waals surface area contributed by atoms with Crippen molar-refractivity contribution in [1.82, 2.24) is 14.5 Å². The predicted molar refractivity (Wildman–Crippen MR) is 78.3 cm³/mol. The summed E-state index contributed by atoms with van der Waals surface area (Å²) in [6, 6.07) is 2.89. The standard InChI is InChI=1S/C16H13F3N4/c17-10-5-12(19)11(18)3-8(10)9-4-16-22-14-6-21-2-1-15(14)23(16)7-13(9)20/h1-3,5-6,9,13H,4,7,20H2/t9?,13-/m0/s1. The molecule has 0 saturated heterocycles. The van der Waals surface area contributed by atoms with Crippen molar-refractivity contribution in [2.45, 2.75) is 24.9 Å². The maximum atomic E-state index is 14.1. The fourth-order valence-electron chi connectivity index (χ4n) is 3.24. The summed E-state index contributed by atoms with van der Waals surface area (Å²) >= 11 is 0. The molecule has 2 N–H and O–H groups in total. The number of nitrogens with two attached hydrogens (primary N) is 1. The van der Waals surface area contributed by atoms with Crippen LogP contribution in [0.1, 0.15) is 17.3 Å². The molecule has 23 heavy (non-hydrogen) atoms. The summed E-state index contributed by atoms with van der Waals surface area (Å²) in [6.45, 7) is 0.430. The molecule has 1 aliphatic rings. The number of pyridine rings is 1. The van der Waals surface area contributed by atoms with Gasteiger partial charge in [-0.05, 0) is 17.7 Å². The van der Waals surface area contributed by atoms with Crippen molar-refractivity contribution in [3.63, 3.8) is 0 Å². The number of imidazole rings is 1. The minimum Gasteiger partial charge on any atom is -0.326 e. The molecule has 2 aromatic heterocycles. The third kappa shape index (κ3) is 2.19. The van der Waals surface area contributed by atoms with Gasteiger partial charge in [0.2, 0.25) is 0 Å². The lowest BCUT2D eigenvalue weighted by molar-refractivity contribution is 0.392. The predicted octanol–water partition coefficient (Wildman–Crippen LogP) is 2.52. The molecule has 1 aromatic carbocycles. The van der Waals surface area contributed by atoms with Crippen LogP contribution in [0.4, 0.5) is 13.2 Å². The van der Waals surface area contributed by atoms with Crippen molar-refractivity contribution in [2.24, 2.45) is 5.73 Å². The Labute approximate surface area is 129 Å². The number of fused-ring (bicyclic) bond motifs is 3. The first-order chi connectivity index (χ1) is 11.0. The number of halogens is 3. The van der Waals surface area contributed by atoms with Crippen LogP contribution in [0.25, 0.3) is 11.0 Å². The Morgan fingerprint density at radius 3 is 2.74 bits per heavy atom. The average Bonchev–Trinajstić information content (AvgIpc) is 2.88. The summed E-state index contributed by atoms with van der Waals surface area (Å²) in [4.78, 5) is 8.52. The van der Waals surface area contributed by atoms with Crippen LogP contribution < -0.4 is 5.73 Å². The fraction of sp³-hybridized carbons (Fsp3) is 0.250. The smallest absolute Gasteiger partial charge is 0.161 e. The summed E-state index contributed by atoms with van der Waals surface area (Å²) < 4.78 is 42.7. The van der Waals surface area contributed by atoms with Crippen LogP contribution in [-0.4, -0.2) is 20.6 Å². The molecule has 3 heterocycles. The molecular weight excluding hydrogens is 305 g/mol. The fourth-order valence-corrected chi connectivity index (χ4v) is 3.24. The number of benzene rings is 1. The van der Waals surface area contributed by atoms with Crippen LogP contribution in [0, 0.1) is 17.5 Å². The zero-order valence-corrected chi connectivity index (χ0v) is 12.0. The molecule has 7 heteroatoms. The van der Waals surface area contributed by atoms with Crippen LogP contribution >= 0.6 is 0 Å². The summed E-state index contributed by atoms with van der Waals surface area (Å²) in [6.07, 6.45) is 3.68. The quantitative estimate of drug-likeness (QED) is 0.702. The third-order valence-electron chi connectivity index (χ3n) is 4.38. The maximum absolute atomic E-state index is 14.1. The minimum absolute atomic E-state index is 0.0906. The molecule has 0 radical (unpaired) electrons. The number of hydrogen-bond donors (Lipinski definition) is 1. The largest absolute Gasteiger partial charge is 0.326 e. The highest BCUT2D eigenvalue weighted by atomic mass is 19.2. The summed E-state index contributed by atoms with van der Waals surface area (Å²) in [5.41, 5.74) is 7.93. The molecule has 118 valence electrons. The van der Waals surface area contributed by atoms with Crippen LogP contribution in [-0.2, 0) is 13.0 Å². The molecule has 4 rings (SSSR count). The molecule has 2 atom stereocenters. The topological polar surface area (TPSA) is 56.7 Å². The zero-order chi connectivity index (χ0) is 16.1. The third-order valence-corrected chi connectivity index (χ3v) is 4.38. The SMILES string of the molecule is N[C@H]1Cn2c(nc3cnccc32)CC1c1cc(F)c(F)cc1F. The van der Waals surface area contributed by atoms with E-state index in [1.807, 2.05) is 10.6 Å². The van der Waals surface area contributed by atoms with E-state index in [9.17, 15) is 13.2 Å². The molecule has 1 unspecified atom stereocenters. The van der Waals surface area contributed by atoms with Crippen molar-refractivity contribution in [2.75, 3.05) is 0 Å². The molecule has 0 fully saturated rings. The molecule has 0 spiro atoms. The van der Waals surface area contributed by atoms with Gasteiger partial charge in [-0.25, -0.2) is 18.2 Å². The van der Waals surface area contributed by atoms with Gasteiger partial charge in [0, 0.05) is 37.2 Å². The van der Waals surface area contributed by atoms with Gasteiger partial charge in [0.05, 0.1) is 11.7 Å². The second kappa shape index (κ2) is 5.06. The van der Waals surface area contributed by atoms with E-state index in [0.717, 1.165) is 22.9 Å². The Hall–Kier alpha value is -2.41. The molecule has 4 nitrogen and oxygen atoms in total. The molecule has 0 amide bonds. The van der Waals surface area contributed by atoms with E-state index in [4.69, 9.17) is 5.73 Å². The van der Waals surface area contributed by atoms with Crippen molar-refractivity contribution in [3.05, 3.63) is 59.4 Å². The zero-order valence-electron chi connectivity index (χ0n) is 12.0. The van der Waals surface area contributed by atoms with Gasteiger partial charge >= 0.3 is 0 Å². The van der Waals surface area contributed by atoms with Crippen LogP contribution in [0.5, 0.6) is 0 Å². The molecule has 0 bridgehead atoms. The number of rotatable bonds is 1. The first kappa shape index (κ1) is 14.2. The van der Waals surface area contributed by atoms with E-state index in [0.29, 0.717) is 19.0 Å². The lowest BCUT2D eigenvalue weighted by Crippen LogP contribution is -2.39. The lowest BCUT2D eigenvalue weighted by atomic mass is 9.86. The highest BCUT2D eigenvalue weighted by Gasteiger charge is 2.32. The normalized spacial score (nSPS) is 20.7. The van der Waals surface area contributed by atoms with Gasteiger partial charge in [0.1, 0.15) is 17.2 Å². The van der Waals surface area contributed by atoms with E-state index < -0.39 is 29.4 Å². The van der Waals surface area contributed by atoms with E-state index in [-0.39, 0.29) is 5.56 Å². The highest BCUT2D eigenvalue weighted by Crippen LogP contribution is 2.33. The van der Waals surface area contributed by atoms with Gasteiger partial charge in [-0.1, -0.05) is 0 Å². The van der Waals surface area contributed by atoms with Crippen LogP contribution in [0.2, 0.25) is 0 Å². The monoisotopic (exact) mass is 318 g/mol. The number of nitrogens with zero attached hydrogens (tertiary/aromatic N) is 3. The van der Waals surface area contributed by atoms with Gasteiger partial charge in [0.25, 0.3) is 0 Å². The number of aromatic nitrogens is 3. The summed E-state index contributed by atoms with van der Waals surface area (Å²) in [5.74, 6) is -2.77. The van der Waals surface area contributed by atoms with Crippen molar-refractivity contribution in [1.29, 1.82) is 0 Å². The van der Waals surface area contributed by atoms with E-state index in [2.05, 4.69) is 9.97 Å². The molecule has 1 aliphatic heterocycles.